The summed E-state index contributed by atoms with van der Waals surface area (Å²) in [5, 5.41) is 20.5. The summed E-state index contributed by atoms with van der Waals surface area (Å²) in [6, 6.07) is 1.33. The molecule has 1 aromatic rings. The molecule has 0 amide bonds. The molecule has 1 aliphatic rings. The first-order chi connectivity index (χ1) is 9.00. The lowest BCUT2D eigenvalue weighted by Gasteiger charge is -2.28. The van der Waals surface area contributed by atoms with Crippen molar-refractivity contribution in [1.29, 1.82) is 0 Å². The highest BCUT2D eigenvalue weighted by Crippen LogP contribution is 2.38. The fourth-order valence-electron chi connectivity index (χ4n) is 2.71. The van der Waals surface area contributed by atoms with E-state index in [4.69, 9.17) is 5.73 Å². The van der Waals surface area contributed by atoms with E-state index < -0.39 is 22.5 Å². The molecule has 0 radical (unpaired) electrons. The standard InChI is InChI=1S/C13H17FN2O3/c14-11-7-9(16(18)19)6-10(13(11)17)12(15)8-4-2-1-3-5-8/h6-8,12,17H,1-5,15H2/t12-/m0/s1. The third kappa shape index (κ3) is 2.84. The van der Waals surface area contributed by atoms with Crippen molar-refractivity contribution in [2.45, 2.75) is 38.1 Å². The SMILES string of the molecule is N[C@H](c1cc([N+](=O)[O-])cc(F)c1O)C1CCCCC1. The van der Waals surface area contributed by atoms with Crippen molar-refractivity contribution in [1.82, 2.24) is 0 Å². The second-order valence-corrected chi connectivity index (χ2v) is 5.05. The summed E-state index contributed by atoms with van der Waals surface area (Å²) >= 11 is 0. The van der Waals surface area contributed by atoms with Crippen molar-refractivity contribution in [2.24, 2.45) is 11.7 Å². The Morgan fingerprint density at radius 3 is 2.58 bits per heavy atom. The molecule has 0 aliphatic heterocycles. The minimum atomic E-state index is -0.990. The number of aromatic hydroxyl groups is 1. The van der Waals surface area contributed by atoms with E-state index in [9.17, 15) is 19.6 Å². The van der Waals surface area contributed by atoms with Crippen LogP contribution in [0.25, 0.3) is 0 Å². The molecule has 1 atom stereocenters. The topological polar surface area (TPSA) is 89.4 Å². The first-order valence-electron chi connectivity index (χ1n) is 6.43. The molecule has 2 rings (SSSR count). The van der Waals surface area contributed by atoms with Crippen LogP contribution in [0.15, 0.2) is 12.1 Å². The van der Waals surface area contributed by atoms with E-state index in [0.717, 1.165) is 32.1 Å². The van der Waals surface area contributed by atoms with Gasteiger partial charge in [0.05, 0.1) is 11.0 Å². The van der Waals surface area contributed by atoms with Gasteiger partial charge in [0.1, 0.15) is 0 Å². The molecule has 0 unspecified atom stereocenters. The van der Waals surface area contributed by atoms with Gasteiger partial charge in [-0.3, -0.25) is 10.1 Å². The van der Waals surface area contributed by atoms with Gasteiger partial charge >= 0.3 is 0 Å². The van der Waals surface area contributed by atoms with Gasteiger partial charge in [-0.2, -0.15) is 0 Å². The van der Waals surface area contributed by atoms with Crippen LogP contribution in [0.3, 0.4) is 0 Å². The van der Waals surface area contributed by atoms with Crippen molar-refractivity contribution in [3.63, 3.8) is 0 Å². The highest BCUT2D eigenvalue weighted by Gasteiger charge is 2.27. The summed E-state index contributed by atoms with van der Waals surface area (Å²) in [4.78, 5) is 10.1. The Hall–Kier alpha value is -1.69. The Balaban J connectivity index is 2.34. The van der Waals surface area contributed by atoms with Crippen LogP contribution < -0.4 is 5.73 Å². The number of halogens is 1. The number of hydrogen-bond acceptors (Lipinski definition) is 4. The van der Waals surface area contributed by atoms with Gasteiger partial charge in [-0.05, 0) is 18.8 Å². The summed E-state index contributed by atoms with van der Waals surface area (Å²) in [6.45, 7) is 0. The van der Waals surface area contributed by atoms with Crippen LogP contribution in [0.5, 0.6) is 5.75 Å². The number of phenolic OH excluding ortho intramolecular Hbond substituents is 1. The van der Waals surface area contributed by atoms with Gasteiger partial charge in [0.15, 0.2) is 11.6 Å². The first-order valence-corrected chi connectivity index (χ1v) is 6.43. The quantitative estimate of drug-likeness (QED) is 0.651. The number of benzene rings is 1. The summed E-state index contributed by atoms with van der Waals surface area (Å²) in [6.07, 6.45) is 5.07. The molecule has 1 aliphatic carbocycles. The highest BCUT2D eigenvalue weighted by molar-refractivity contribution is 5.46. The number of nitro benzene ring substituents is 1. The Kier molecular flexibility index (Phi) is 3.99. The van der Waals surface area contributed by atoms with Gasteiger partial charge in [-0.1, -0.05) is 19.3 Å². The Morgan fingerprint density at radius 2 is 2.00 bits per heavy atom. The number of rotatable bonds is 3. The Morgan fingerprint density at radius 1 is 1.37 bits per heavy atom. The number of nitrogens with two attached hydrogens (primary N) is 1. The molecule has 1 saturated carbocycles. The van der Waals surface area contributed by atoms with Crippen LogP contribution in [-0.4, -0.2) is 10.0 Å². The lowest BCUT2D eigenvalue weighted by molar-refractivity contribution is -0.385. The molecule has 0 bridgehead atoms. The summed E-state index contributed by atoms with van der Waals surface area (Å²) < 4.78 is 13.5. The molecular formula is C13H17FN2O3. The fraction of sp³-hybridized carbons (Fsp3) is 0.538. The smallest absolute Gasteiger partial charge is 0.272 e. The minimum absolute atomic E-state index is 0.138. The van der Waals surface area contributed by atoms with Crippen molar-refractivity contribution < 1.29 is 14.4 Å². The summed E-state index contributed by atoms with van der Waals surface area (Å²) in [5.41, 5.74) is 5.82. The summed E-state index contributed by atoms with van der Waals surface area (Å²) in [5.74, 6) is -1.42. The minimum Gasteiger partial charge on any atom is -0.505 e. The molecule has 0 aromatic heterocycles. The van der Waals surface area contributed by atoms with E-state index in [1.54, 1.807) is 0 Å². The number of phenols is 1. The predicted octanol–water partition coefficient (Wildman–Crippen LogP) is 3.02. The average Bonchev–Trinajstić information content (AvgIpc) is 2.41. The third-order valence-corrected chi connectivity index (χ3v) is 3.81. The molecule has 19 heavy (non-hydrogen) atoms. The zero-order chi connectivity index (χ0) is 14.0. The number of nitrogens with zero attached hydrogens (tertiary/aromatic N) is 1. The maximum Gasteiger partial charge on any atom is 0.272 e. The third-order valence-electron chi connectivity index (χ3n) is 3.81. The lowest BCUT2D eigenvalue weighted by Crippen LogP contribution is -2.24. The molecule has 104 valence electrons. The monoisotopic (exact) mass is 268 g/mol. The predicted molar refractivity (Wildman–Crippen MR) is 68.2 cm³/mol. The lowest BCUT2D eigenvalue weighted by atomic mass is 9.81. The number of nitro groups is 1. The highest BCUT2D eigenvalue weighted by atomic mass is 19.1. The van der Waals surface area contributed by atoms with E-state index in [0.29, 0.717) is 6.07 Å². The van der Waals surface area contributed by atoms with Crippen LogP contribution in [0.1, 0.15) is 43.7 Å². The van der Waals surface area contributed by atoms with Gasteiger partial charge < -0.3 is 10.8 Å². The van der Waals surface area contributed by atoms with Crippen molar-refractivity contribution in [2.75, 3.05) is 0 Å². The van der Waals surface area contributed by atoms with E-state index >= 15 is 0 Å². The number of non-ortho nitro benzene ring substituents is 1. The molecule has 0 heterocycles. The van der Waals surface area contributed by atoms with Crippen LogP contribution in [0.4, 0.5) is 10.1 Å². The zero-order valence-corrected chi connectivity index (χ0v) is 10.5. The largest absolute Gasteiger partial charge is 0.505 e. The summed E-state index contributed by atoms with van der Waals surface area (Å²) in [7, 11) is 0. The molecule has 3 N–H and O–H groups in total. The maximum atomic E-state index is 13.5. The second-order valence-electron chi connectivity index (χ2n) is 5.05. The molecule has 0 saturated heterocycles. The fourth-order valence-corrected chi connectivity index (χ4v) is 2.71. The van der Waals surface area contributed by atoms with Crippen molar-refractivity contribution in [3.05, 3.63) is 33.6 Å². The van der Waals surface area contributed by atoms with Gasteiger partial charge in [0.25, 0.3) is 5.69 Å². The van der Waals surface area contributed by atoms with Crippen molar-refractivity contribution >= 4 is 5.69 Å². The van der Waals surface area contributed by atoms with E-state index in [1.165, 1.54) is 6.07 Å². The molecule has 1 aromatic carbocycles. The van der Waals surface area contributed by atoms with Gasteiger partial charge in [0, 0.05) is 17.7 Å². The maximum absolute atomic E-state index is 13.5. The van der Waals surface area contributed by atoms with Crippen LogP contribution in [0.2, 0.25) is 0 Å². The zero-order valence-electron chi connectivity index (χ0n) is 10.5. The van der Waals surface area contributed by atoms with E-state index in [1.807, 2.05) is 0 Å². The molecular weight excluding hydrogens is 251 g/mol. The molecule has 0 spiro atoms. The van der Waals surface area contributed by atoms with Gasteiger partial charge in [-0.25, -0.2) is 4.39 Å². The van der Waals surface area contributed by atoms with Crippen LogP contribution in [0, 0.1) is 21.8 Å². The average molecular weight is 268 g/mol. The van der Waals surface area contributed by atoms with Crippen molar-refractivity contribution in [3.8, 4) is 5.75 Å². The van der Waals surface area contributed by atoms with Gasteiger partial charge in [-0.15, -0.1) is 0 Å². The molecule has 1 fully saturated rings. The second kappa shape index (κ2) is 5.52. The Labute approximate surface area is 110 Å². The number of hydrogen-bond donors (Lipinski definition) is 2. The first kappa shape index (κ1) is 13.7. The van der Waals surface area contributed by atoms with Gasteiger partial charge in [0.2, 0.25) is 0 Å². The van der Waals surface area contributed by atoms with Crippen LogP contribution in [-0.2, 0) is 0 Å². The van der Waals surface area contributed by atoms with E-state index in [2.05, 4.69) is 0 Å². The molecule has 6 heteroatoms. The Bertz CT molecular complexity index is 487. The van der Waals surface area contributed by atoms with Crippen LogP contribution >= 0.6 is 0 Å². The normalized spacial score (nSPS) is 18.2. The molecule has 5 nitrogen and oxygen atoms in total. The van der Waals surface area contributed by atoms with E-state index in [-0.39, 0.29) is 17.2 Å².